The predicted molar refractivity (Wildman–Crippen MR) is 145 cm³/mol. The van der Waals surface area contributed by atoms with Crippen LogP contribution in [0.3, 0.4) is 0 Å². The van der Waals surface area contributed by atoms with Gasteiger partial charge in [-0.15, -0.1) is 16.9 Å². The Kier molecular flexibility index (Phi) is 7.20. The van der Waals surface area contributed by atoms with Crippen molar-refractivity contribution >= 4 is 40.6 Å². The van der Waals surface area contributed by atoms with Gasteiger partial charge in [-0.3, -0.25) is 14.4 Å². The van der Waals surface area contributed by atoms with E-state index in [4.69, 9.17) is 4.74 Å². The third kappa shape index (κ3) is 4.45. The number of unbranched alkanes of at least 4 members (excludes halogenated alkanes) is 1. The van der Waals surface area contributed by atoms with Gasteiger partial charge in [0.2, 0.25) is 11.8 Å². The van der Waals surface area contributed by atoms with Crippen LogP contribution in [0.1, 0.15) is 32.1 Å². The second kappa shape index (κ2) is 10.8. The van der Waals surface area contributed by atoms with Gasteiger partial charge in [0, 0.05) is 24.9 Å². The molecule has 10 nitrogen and oxygen atoms in total. The van der Waals surface area contributed by atoms with Gasteiger partial charge in [-0.05, 0) is 44.2 Å². The molecule has 2 aromatic rings. The van der Waals surface area contributed by atoms with E-state index in [-0.39, 0.29) is 36.3 Å². The van der Waals surface area contributed by atoms with Gasteiger partial charge in [-0.25, -0.2) is 4.68 Å². The van der Waals surface area contributed by atoms with Crippen LogP contribution in [0.25, 0.3) is 11.0 Å². The van der Waals surface area contributed by atoms with E-state index in [0.29, 0.717) is 32.5 Å². The number of hydrogen-bond donors (Lipinski definition) is 1. The second-order valence-corrected chi connectivity index (χ2v) is 12.1. The molecule has 5 atom stereocenters. The van der Waals surface area contributed by atoms with Crippen molar-refractivity contribution < 1.29 is 24.2 Å². The molecule has 0 radical (unpaired) electrons. The number of ether oxygens (including phenoxy) is 1. The Labute approximate surface area is 231 Å². The van der Waals surface area contributed by atoms with Gasteiger partial charge in [0.1, 0.15) is 18.2 Å². The van der Waals surface area contributed by atoms with E-state index < -0.39 is 22.6 Å². The van der Waals surface area contributed by atoms with Crippen molar-refractivity contribution in [2.24, 2.45) is 11.8 Å². The number of hydrogen-bond acceptors (Lipinski definition) is 8. The minimum atomic E-state index is -0.890. The molecule has 2 amide bonds. The molecule has 4 aliphatic heterocycles. The number of thioether (sulfide) groups is 1. The Morgan fingerprint density at radius 1 is 1.10 bits per heavy atom. The first-order valence-electron chi connectivity index (χ1n) is 13.7. The zero-order valence-corrected chi connectivity index (χ0v) is 22.5. The normalized spacial score (nSPS) is 31.6. The molecular formula is C28H33N5O5S. The summed E-state index contributed by atoms with van der Waals surface area (Å²) in [6, 6.07) is 6.82. The quantitative estimate of drug-likeness (QED) is 0.330. The van der Waals surface area contributed by atoms with Crippen LogP contribution in [0.2, 0.25) is 0 Å². The molecule has 1 N–H and O–H groups in total. The molecule has 206 valence electrons. The third-order valence-corrected chi connectivity index (χ3v) is 9.96. The van der Waals surface area contributed by atoms with Crippen molar-refractivity contribution in [1.82, 2.24) is 24.8 Å². The lowest BCUT2D eigenvalue weighted by atomic mass is 9.78. The SMILES string of the molecule is O=C1OCCCC/C=C\[C@H]2S[C@]34C=CCN(Cn5nnc6ccccc65)C(=O)C3N(CCCCO)C(=O)[C@@H]4[C@@H]12. The van der Waals surface area contributed by atoms with E-state index in [1.807, 2.05) is 42.5 Å². The number of aromatic nitrogens is 3. The second-order valence-electron chi connectivity index (χ2n) is 10.6. The summed E-state index contributed by atoms with van der Waals surface area (Å²) in [5.41, 5.74) is 1.57. The number of esters is 1. The van der Waals surface area contributed by atoms with Crippen molar-refractivity contribution in [3.05, 3.63) is 48.6 Å². The first kappa shape index (κ1) is 26.1. The van der Waals surface area contributed by atoms with E-state index in [1.165, 1.54) is 0 Å². The Balaban J connectivity index is 1.38. The number of amides is 2. The molecule has 5 heterocycles. The van der Waals surface area contributed by atoms with E-state index >= 15 is 0 Å². The number of carbonyl (C=O) groups excluding carboxylic acids is 3. The summed E-state index contributed by atoms with van der Waals surface area (Å²) in [5.74, 6) is -2.08. The van der Waals surface area contributed by atoms with Crippen LogP contribution in [0, 0.1) is 11.8 Å². The smallest absolute Gasteiger partial charge is 0.311 e. The van der Waals surface area contributed by atoms with Crippen molar-refractivity contribution in [3.8, 4) is 0 Å². The van der Waals surface area contributed by atoms with Gasteiger partial charge in [0.25, 0.3) is 0 Å². The molecule has 4 aliphatic rings. The molecule has 39 heavy (non-hydrogen) atoms. The molecule has 2 saturated heterocycles. The highest BCUT2D eigenvalue weighted by atomic mass is 32.2. The number of rotatable bonds is 6. The molecule has 0 saturated carbocycles. The summed E-state index contributed by atoms with van der Waals surface area (Å²) in [6.45, 7) is 1.24. The molecule has 6 rings (SSSR count). The number of likely N-dealkylation sites (tertiary alicyclic amines) is 1. The average Bonchev–Trinajstić information content (AvgIpc) is 3.53. The number of aliphatic hydroxyl groups is 1. The molecule has 0 bridgehead atoms. The molecule has 2 fully saturated rings. The molecular weight excluding hydrogens is 518 g/mol. The number of para-hydroxylation sites is 1. The maximum atomic E-state index is 14.4. The largest absolute Gasteiger partial charge is 0.465 e. The maximum absolute atomic E-state index is 14.4. The number of cyclic esters (lactones) is 1. The fraction of sp³-hybridized carbons (Fsp3) is 0.536. The fourth-order valence-corrected chi connectivity index (χ4v) is 8.41. The lowest BCUT2D eigenvalue weighted by Crippen LogP contribution is -2.53. The molecule has 1 aromatic carbocycles. The summed E-state index contributed by atoms with van der Waals surface area (Å²) >= 11 is 1.55. The van der Waals surface area contributed by atoms with Crippen LogP contribution < -0.4 is 0 Å². The standard InChI is InChI=1S/C28H33N5O5S/c34-16-7-6-15-32-24-26(36)31(18-33-20-11-5-4-10-19(20)29-30-33)14-9-13-28(24)23(25(32)35)22-21(39-28)12-3-1-2-8-17-38-27(22)37/h3-5,9-13,21-24,34H,1-2,6-8,14-18H2/b12-3-/t21-,22+,23+,24?,28+/m1/s1. The number of carbonyl (C=O) groups is 3. The first-order valence-corrected chi connectivity index (χ1v) is 14.6. The Morgan fingerprint density at radius 2 is 1.97 bits per heavy atom. The van der Waals surface area contributed by atoms with E-state index in [2.05, 4.69) is 16.4 Å². The van der Waals surface area contributed by atoms with Gasteiger partial charge in [0.05, 0.1) is 28.7 Å². The van der Waals surface area contributed by atoms with Gasteiger partial charge < -0.3 is 19.6 Å². The molecule has 11 heteroatoms. The highest BCUT2D eigenvalue weighted by Gasteiger charge is 2.70. The number of nitrogens with zero attached hydrogens (tertiary/aromatic N) is 5. The van der Waals surface area contributed by atoms with E-state index in [9.17, 15) is 19.5 Å². The summed E-state index contributed by atoms with van der Waals surface area (Å²) in [6.07, 6.45) is 11.8. The zero-order chi connectivity index (χ0) is 27.0. The average molecular weight is 552 g/mol. The minimum absolute atomic E-state index is 0.0111. The van der Waals surface area contributed by atoms with Crippen LogP contribution in [-0.4, -0.2) is 90.0 Å². The Hall–Kier alpha value is -3.18. The monoisotopic (exact) mass is 551 g/mol. The summed E-state index contributed by atoms with van der Waals surface area (Å²) in [4.78, 5) is 45.3. The third-order valence-electron chi connectivity index (χ3n) is 8.22. The van der Waals surface area contributed by atoms with E-state index in [1.54, 1.807) is 26.2 Å². The van der Waals surface area contributed by atoms with Gasteiger partial charge in [-0.2, -0.15) is 0 Å². The van der Waals surface area contributed by atoms with Crippen LogP contribution in [0.15, 0.2) is 48.6 Å². The number of fused-ring (bicyclic) bond motifs is 3. The van der Waals surface area contributed by atoms with Gasteiger partial charge >= 0.3 is 5.97 Å². The predicted octanol–water partition coefficient (Wildman–Crippen LogP) is 2.14. The zero-order valence-electron chi connectivity index (χ0n) is 21.7. The van der Waals surface area contributed by atoms with Crippen molar-refractivity contribution in [3.63, 3.8) is 0 Å². The van der Waals surface area contributed by atoms with Crippen LogP contribution in [0.5, 0.6) is 0 Å². The fourth-order valence-electron chi connectivity index (χ4n) is 6.41. The van der Waals surface area contributed by atoms with Crippen LogP contribution >= 0.6 is 11.8 Å². The summed E-state index contributed by atoms with van der Waals surface area (Å²) in [5, 5.41) is 17.6. The van der Waals surface area contributed by atoms with Gasteiger partial charge in [0.15, 0.2) is 0 Å². The number of aliphatic hydroxyl groups excluding tert-OH is 1. The Morgan fingerprint density at radius 3 is 2.85 bits per heavy atom. The van der Waals surface area contributed by atoms with Crippen molar-refractivity contribution in [1.29, 1.82) is 0 Å². The highest BCUT2D eigenvalue weighted by molar-refractivity contribution is 8.02. The number of allylic oxidation sites excluding steroid dienone is 1. The maximum Gasteiger partial charge on any atom is 0.311 e. The molecule has 1 unspecified atom stereocenters. The summed E-state index contributed by atoms with van der Waals surface area (Å²) in [7, 11) is 0. The van der Waals surface area contributed by atoms with Crippen LogP contribution in [0.4, 0.5) is 0 Å². The lowest BCUT2D eigenvalue weighted by molar-refractivity contribution is -0.153. The summed E-state index contributed by atoms with van der Waals surface area (Å²) < 4.78 is 6.47. The molecule has 1 aromatic heterocycles. The number of benzene rings is 1. The molecule has 0 aliphatic carbocycles. The van der Waals surface area contributed by atoms with Gasteiger partial charge in [-0.1, -0.05) is 41.7 Å². The highest BCUT2D eigenvalue weighted by Crippen LogP contribution is 2.60. The lowest BCUT2D eigenvalue weighted by Gasteiger charge is -2.35. The van der Waals surface area contributed by atoms with Crippen LogP contribution in [-0.2, 0) is 25.8 Å². The van der Waals surface area contributed by atoms with E-state index in [0.717, 1.165) is 30.3 Å². The van der Waals surface area contributed by atoms with Crippen molar-refractivity contribution in [2.75, 3.05) is 26.3 Å². The van der Waals surface area contributed by atoms with Crippen molar-refractivity contribution in [2.45, 2.75) is 54.8 Å². The topological polar surface area (TPSA) is 118 Å². The molecule has 1 spiro atoms. The Bertz CT molecular complexity index is 1330. The minimum Gasteiger partial charge on any atom is -0.465 e. The first-order chi connectivity index (χ1) is 19.0.